The number of carbonyl (C=O) groups is 1. The second-order valence-electron chi connectivity index (χ2n) is 4.70. The van der Waals surface area contributed by atoms with Crippen LogP contribution in [0.15, 0.2) is 53.1 Å². The summed E-state index contributed by atoms with van der Waals surface area (Å²) in [6.07, 6.45) is 1.88. The van der Waals surface area contributed by atoms with Gasteiger partial charge in [-0.15, -0.1) is 0 Å². The molecule has 0 saturated carbocycles. The minimum absolute atomic E-state index is 0.0616. The molecule has 0 fully saturated rings. The largest absolute Gasteiger partial charge is 0.399 e. The molecule has 3 aromatic rings. The quantitative estimate of drug-likeness (QED) is 0.566. The number of hydrogen-bond donors (Lipinski definition) is 1. The van der Waals surface area contributed by atoms with E-state index in [1.165, 1.54) is 0 Å². The Balaban J connectivity index is 2.34. The van der Waals surface area contributed by atoms with E-state index >= 15 is 0 Å². The number of anilines is 1. The van der Waals surface area contributed by atoms with Gasteiger partial charge in [0.15, 0.2) is 5.78 Å². The molecule has 2 aromatic carbocycles. The summed E-state index contributed by atoms with van der Waals surface area (Å²) < 4.78 is 2.91. The number of nitrogens with two attached hydrogens (primary N) is 1. The van der Waals surface area contributed by atoms with Gasteiger partial charge in [-0.3, -0.25) is 4.79 Å². The van der Waals surface area contributed by atoms with Crippen molar-refractivity contribution in [3.05, 3.63) is 58.7 Å². The SMILES string of the molecule is CC(=O)c1cn(-c2ccc(N)cc2Br)c2ccccc12. The number of hydrogen-bond acceptors (Lipinski definition) is 2. The molecule has 1 aromatic heterocycles. The highest BCUT2D eigenvalue weighted by molar-refractivity contribution is 9.10. The number of Topliss-reactive ketones (excluding diaryl/α,β-unsaturated/α-hetero) is 1. The minimum atomic E-state index is 0.0616. The van der Waals surface area contributed by atoms with E-state index in [2.05, 4.69) is 15.9 Å². The van der Waals surface area contributed by atoms with Crippen molar-refractivity contribution in [3.63, 3.8) is 0 Å². The molecular formula is C16H13BrN2O. The van der Waals surface area contributed by atoms with Crippen molar-refractivity contribution in [2.24, 2.45) is 0 Å². The molecule has 0 aliphatic heterocycles. The van der Waals surface area contributed by atoms with Gasteiger partial charge in [-0.2, -0.15) is 0 Å². The molecule has 0 bridgehead atoms. The maximum Gasteiger partial charge on any atom is 0.161 e. The van der Waals surface area contributed by atoms with Crippen LogP contribution in [0.5, 0.6) is 0 Å². The Bertz CT molecular complexity index is 820. The van der Waals surface area contributed by atoms with Crippen LogP contribution in [0.25, 0.3) is 16.6 Å². The summed E-state index contributed by atoms with van der Waals surface area (Å²) in [5.41, 5.74) is 9.17. The summed E-state index contributed by atoms with van der Waals surface area (Å²) in [4.78, 5) is 11.8. The van der Waals surface area contributed by atoms with Crippen molar-refractivity contribution < 1.29 is 4.79 Å². The fourth-order valence-corrected chi connectivity index (χ4v) is 2.97. The number of halogens is 1. The van der Waals surface area contributed by atoms with E-state index in [1.54, 1.807) is 6.92 Å². The number of nitrogen functional groups attached to an aromatic ring is 1. The molecule has 0 saturated heterocycles. The zero-order chi connectivity index (χ0) is 14.3. The number of nitrogens with zero attached hydrogens (tertiary/aromatic N) is 1. The van der Waals surface area contributed by atoms with E-state index < -0.39 is 0 Å². The average Bonchev–Trinajstić information content (AvgIpc) is 2.78. The monoisotopic (exact) mass is 328 g/mol. The lowest BCUT2D eigenvalue weighted by Crippen LogP contribution is -1.95. The minimum Gasteiger partial charge on any atom is -0.399 e. The van der Waals surface area contributed by atoms with Gasteiger partial charge in [0.25, 0.3) is 0 Å². The third-order valence-electron chi connectivity index (χ3n) is 3.32. The van der Waals surface area contributed by atoms with Gasteiger partial charge < -0.3 is 10.3 Å². The Labute approximate surface area is 125 Å². The average molecular weight is 329 g/mol. The van der Waals surface area contributed by atoms with Gasteiger partial charge in [-0.1, -0.05) is 18.2 Å². The maximum absolute atomic E-state index is 11.8. The Morgan fingerprint density at radius 2 is 1.95 bits per heavy atom. The van der Waals surface area contributed by atoms with Gasteiger partial charge >= 0.3 is 0 Å². The second kappa shape index (κ2) is 4.80. The highest BCUT2D eigenvalue weighted by Gasteiger charge is 2.13. The lowest BCUT2D eigenvalue weighted by molar-refractivity contribution is 0.101. The van der Waals surface area contributed by atoms with Crippen LogP contribution in [-0.4, -0.2) is 10.4 Å². The zero-order valence-corrected chi connectivity index (χ0v) is 12.5. The van der Waals surface area contributed by atoms with Crippen molar-refractivity contribution in [1.29, 1.82) is 0 Å². The number of aromatic nitrogens is 1. The first-order chi connectivity index (χ1) is 9.58. The van der Waals surface area contributed by atoms with Crippen LogP contribution in [0.4, 0.5) is 5.69 Å². The first-order valence-electron chi connectivity index (χ1n) is 6.24. The van der Waals surface area contributed by atoms with Crippen LogP contribution in [0.1, 0.15) is 17.3 Å². The fourth-order valence-electron chi connectivity index (χ4n) is 2.38. The Kier molecular flexibility index (Phi) is 3.10. The summed E-state index contributed by atoms with van der Waals surface area (Å²) >= 11 is 3.53. The first kappa shape index (κ1) is 12.9. The lowest BCUT2D eigenvalue weighted by Gasteiger charge is -2.08. The predicted molar refractivity (Wildman–Crippen MR) is 85.4 cm³/mol. The van der Waals surface area contributed by atoms with Crippen LogP contribution in [0, 0.1) is 0 Å². The van der Waals surface area contributed by atoms with Gasteiger partial charge in [0.2, 0.25) is 0 Å². The smallest absolute Gasteiger partial charge is 0.161 e. The molecule has 2 N–H and O–H groups in total. The molecule has 0 aliphatic carbocycles. The predicted octanol–water partition coefficient (Wildman–Crippen LogP) is 4.18. The Hall–Kier alpha value is -2.07. The molecule has 0 amide bonds. The van der Waals surface area contributed by atoms with E-state index in [9.17, 15) is 4.79 Å². The standard InChI is InChI=1S/C16H13BrN2O/c1-10(20)13-9-19(15-5-3-2-4-12(13)15)16-7-6-11(18)8-14(16)17/h2-9H,18H2,1H3. The third kappa shape index (κ3) is 2.02. The first-order valence-corrected chi connectivity index (χ1v) is 7.03. The fraction of sp³-hybridized carbons (Fsp3) is 0.0625. The zero-order valence-electron chi connectivity index (χ0n) is 10.9. The molecule has 0 spiro atoms. The number of carbonyl (C=O) groups excluding carboxylic acids is 1. The number of para-hydroxylation sites is 1. The van der Waals surface area contributed by atoms with E-state index in [0.717, 1.165) is 26.6 Å². The molecule has 0 radical (unpaired) electrons. The van der Waals surface area contributed by atoms with Gasteiger partial charge in [-0.25, -0.2) is 0 Å². The molecule has 100 valence electrons. The highest BCUT2D eigenvalue weighted by Crippen LogP contribution is 2.30. The molecule has 0 atom stereocenters. The van der Waals surface area contributed by atoms with Crippen LogP contribution in [0.2, 0.25) is 0 Å². The highest BCUT2D eigenvalue weighted by atomic mass is 79.9. The molecule has 3 rings (SSSR count). The number of fused-ring (bicyclic) bond motifs is 1. The summed E-state index contributed by atoms with van der Waals surface area (Å²) in [7, 11) is 0. The number of benzene rings is 2. The molecule has 0 aliphatic rings. The van der Waals surface area contributed by atoms with Gasteiger partial charge in [0.1, 0.15) is 0 Å². The summed E-state index contributed by atoms with van der Waals surface area (Å²) in [5, 5.41) is 0.962. The Morgan fingerprint density at radius 3 is 2.65 bits per heavy atom. The summed E-state index contributed by atoms with van der Waals surface area (Å²) in [6, 6.07) is 13.5. The maximum atomic E-state index is 11.8. The third-order valence-corrected chi connectivity index (χ3v) is 3.96. The van der Waals surface area contributed by atoms with E-state index in [-0.39, 0.29) is 5.78 Å². The number of rotatable bonds is 2. The normalized spacial score (nSPS) is 10.9. The summed E-state index contributed by atoms with van der Waals surface area (Å²) in [6.45, 7) is 1.59. The second-order valence-corrected chi connectivity index (χ2v) is 5.55. The molecule has 3 nitrogen and oxygen atoms in total. The van der Waals surface area contributed by atoms with Crippen molar-refractivity contribution >= 4 is 38.3 Å². The Morgan fingerprint density at radius 1 is 1.20 bits per heavy atom. The molecular weight excluding hydrogens is 316 g/mol. The van der Waals surface area contributed by atoms with E-state index in [4.69, 9.17) is 5.73 Å². The van der Waals surface area contributed by atoms with Crippen LogP contribution in [0.3, 0.4) is 0 Å². The molecule has 20 heavy (non-hydrogen) atoms. The van der Waals surface area contributed by atoms with Crippen molar-refractivity contribution in [1.82, 2.24) is 4.57 Å². The summed E-state index contributed by atoms with van der Waals surface area (Å²) in [5.74, 6) is 0.0616. The van der Waals surface area contributed by atoms with Crippen molar-refractivity contribution in [2.45, 2.75) is 6.92 Å². The van der Waals surface area contributed by atoms with Crippen molar-refractivity contribution in [2.75, 3.05) is 5.73 Å². The molecule has 0 unspecified atom stereocenters. The van der Waals surface area contributed by atoms with Gasteiger partial charge in [0.05, 0.1) is 11.2 Å². The van der Waals surface area contributed by atoms with E-state index in [0.29, 0.717) is 5.69 Å². The van der Waals surface area contributed by atoms with Crippen LogP contribution >= 0.6 is 15.9 Å². The van der Waals surface area contributed by atoms with Gasteiger partial charge in [-0.05, 0) is 47.1 Å². The molecule has 4 heteroatoms. The topological polar surface area (TPSA) is 48.0 Å². The van der Waals surface area contributed by atoms with E-state index in [1.807, 2.05) is 53.2 Å². The molecule has 1 heterocycles. The van der Waals surface area contributed by atoms with Crippen LogP contribution in [-0.2, 0) is 0 Å². The lowest BCUT2D eigenvalue weighted by atomic mass is 10.1. The van der Waals surface area contributed by atoms with Gasteiger partial charge in [0, 0.05) is 27.3 Å². The number of ketones is 1. The van der Waals surface area contributed by atoms with Crippen LogP contribution < -0.4 is 5.73 Å². The van der Waals surface area contributed by atoms with Crippen molar-refractivity contribution in [3.8, 4) is 5.69 Å².